The second-order valence-corrected chi connectivity index (χ2v) is 6.85. The van der Waals surface area contributed by atoms with Crippen molar-refractivity contribution >= 4 is 5.95 Å². The summed E-state index contributed by atoms with van der Waals surface area (Å²) in [6.07, 6.45) is 0. The summed E-state index contributed by atoms with van der Waals surface area (Å²) in [5, 5.41) is 10.7. The number of halogens is 1. The third-order valence-corrected chi connectivity index (χ3v) is 4.71. The van der Waals surface area contributed by atoms with Crippen molar-refractivity contribution in [2.75, 3.05) is 5.73 Å². The molecule has 0 saturated carbocycles. The summed E-state index contributed by atoms with van der Waals surface area (Å²) >= 11 is 0. The molecule has 1 aromatic heterocycles. The predicted molar refractivity (Wildman–Crippen MR) is 114 cm³/mol. The minimum Gasteiger partial charge on any atom is -0.507 e. The van der Waals surface area contributed by atoms with Crippen LogP contribution in [0, 0.1) is 12.7 Å². The summed E-state index contributed by atoms with van der Waals surface area (Å²) < 4.78 is 18.8. The SMILES string of the molecule is Cc1nc(N)nc(-c2ccc(OCc3ccc(F)cc3)cc2O)c1-c1ccccc1. The molecule has 4 aromatic rings. The van der Waals surface area contributed by atoms with Crippen LogP contribution in [-0.4, -0.2) is 15.1 Å². The lowest BCUT2D eigenvalue weighted by molar-refractivity contribution is 0.304. The average molecular weight is 401 g/mol. The zero-order valence-electron chi connectivity index (χ0n) is 16.3. The number of benzene rings is 3. The van der Waals surface area contributed by atoms with Crippen molar-refractivity contribution in [1.82, 2.24) is 9.97 Å². The fourth-order valence-corrected chi connectivity index (χ4v) is 3.29. The molecule has 0 atom stereocenters. The van der Waals surface area contributed by atoms with E-state index in [1.165, 1.54) is 18.2 Å². The fraction of sp³-hybridized carbons (Fsp3) is 0.0833. The zero-order chi connectivity index (χ0) is 21.1. The average Bonchev–Trinajstić information content (AvgIpc) is 2.73. The largest absolute Gasteiger partial charge is 0.507 e. The number of aryl methyl sites for hydroxylation is 1. The summed E-state index contributed by atoms with van der Waals surface area (Å²) in [5.41, 5.74) is 10.3. The Balaban J connectivity index is 1.67. The third kappa shape index (κ3) is 4.07. The number of hydrogen-bond acceptors (Lipinski definition) is 5. The summed E-state index contributed by atoms with van der Waals surface area (Å²) in [6.45, 7) is 2.12. The number of anilines is 1. The van der Waals surface area contributed by atoms with Gasteiger partial charge in [-0.2, -0.15) is 0 Å². The van der Waals surface area contributed by atoms with Crippen LogP contribution in [0.15, 0.2) is 72.8 Å². The number of phenols is 1. The van der Waals surface area contributed by atoms with Gasteiger partial charge in [-0.05, 0) is 42.3 Å². The van der Waals surface area contributed by atoms with Gasteiger partial charge in [0.15, 0.2) is 0 Å². The molecule has 30 heavy (non-hydrogen) atoms. The Morgan fingerprint density at radius 1 is 0.967 bits per heavy atom. The molecule has 0 bridgehead atoms. The maximum Gasteiger partial charge on any atom is 0.220 e. The van der Waals surface area contributed by atoms with Gasteiger partial charge >= 0.3 is 0 Å². The molecule has 0 spiro atoms. The highest BCUT2D eigenvalue weighted by molar-refractivity contribution is 5.85. The van der Waals surface area contributed by atoms with Gasteiger partial charge in [-0.15, -0.1) is 0 Å². The van der Waals surface area contributed by atoms with Crippen LogP contribution >= 0.6 is 0 Å². The highest BCUT2D eigenvalue weighted by Crippen LogP contribution is 2.38. The Morgan fingerprint density at radius 2 is 1.70 bits per heavy atom. The van der Waals surface area contributed by atoms with Gasteiger partial charge in [-0.1, -0.05) is 42.5 Å². The van der Waals surface area contributed by atoms with E-state index in [2.05, 4.69) is 9.97 Å². The molecule has 3 N–H and O–H groups in total. The number of nitrogens with two attached hydrogens (primary N) is 1. The van der Waals surface area contributed by atoms with Crippen molar-refractivity contribution < 1.29 is 14.2 Å². The Bertz CT molecular complexity index is 1180. The van der Waals surface area contributed by atoms with E-state index in [1.807, 2.05) is 37.3 Å². The summed E-state index contributed by atoms with van der Waals surface area (Å²) in [5.74, 6) is 0.342. The minimum absolute atomic E-state index is 0.0151. The van der Waals surface area contributed by atoms with Gasteiger partial charge < -0.3 is 15.6 Å². The van der Waals surface area contributed by atoms with Crippen molar-refractivity contribution in [1.29, 1.82) is 0 Å². The molecule has 3 aromatic carbocycles. The number of rotatable bonds is 5. The van der Waals surface area contributed by atoms with E-state index in [0.29, 0.717) is 17.0 Å². The lowest BCUT2D eigenvalue weighted by atomic mass is 9.97. The number of nitrogens with zero attached hydrogens (tertiary/aromatic N) is 2. The van der Waals surface area contributed by atoms with Crippen molar-refractivity contribution in [3.63, 3.8) is 0 Å². The maximum absolute atomic E-state index is 13.0. The smallest absolute Gasteiger partial charge is 0.220 e. The molecule has 4 rings (SSSR count). The normalized spacial score (nSPS) is 10.7. The van der Waals surface area contributed by atoms with Crippen LogP contribution < -0.4 is 10.5 Å². The van der Waals surface area contributed by atoms with Gasteiger partial charge in [0.25, 0.3) is 0 Å². The molecule has 0 unspecified atom stereocenters. The molecule has 0 amide bonds. The molecule has 150 valence electrons. The van der Waals surface area contributed by atoms with Crippen LogP contribution in [0.3, 0.4) is 0 Å². The van der Waals surface area contributed by atoms with Crippen LogP contribution in [0.25, 0.3) is 22.4 Å². The number of phenolic OH excluding ortho intramolecular Hbond substituents is 1. The van der Waals surface area contributed by atoms with Gasteiger partial charge in [0, 0.05) is 17.2 Å². The molecular formula is C24H20FN3O2. The van der Waals surface area contributed by atoms with E-state index >= 15 is 0 Å². The summed E-state index contributed by atoms with van der Waals surface area (Å²) in [4.78, 5) is 8.69. The van der Waals surface area contributed by atoms with Crippen LogP contribution in [-0.2, 0) is 6.61 Å². The first-order valence-corrected chi connectivity index (χ1v) is 9.41. The van der Waals surface area contributed by atoms with Crippen molar-refractivity contribution in [2.45, 2.75) is 13.5 Å². The molecule has 0 radical (unpaired) electrons. The van der Waals surface area contributed by atoms with E-state index in [-0.39, 0.29) is 24.1 Å². The molecule has 0 fully saturated rings. The maximum atomic E-state index is 13.0. The quantitative estimate of drug-likeness (QED) is 0.485. The number of hydrogen-bond donors (Lipinski definition) is 2. The first kappa shape index (κ1) is 19.4. The standard InChI is InChI=1S/C24H20FN3O2/c1-15-22(17-5-3-2-4-6-17)23(28-24(26)27-15)20-12-11-19(13-21(20)29)30-14-16-7-9-18(25)10-8-16/h2-13,29H,14H2,1H3,(H2,26,27,28). The highest BCUT2D eigenvalue weighted by atomic mass is 19.1. The van der Waals surface area contributed by atoms with Crippen LogP contribution in [0.4, 0.5) is 10.3 Å². The Labute approximate surface area is 173 Å². The lowest BCUT2D eigenvalue weighted by Gasteiger charge is -2.14. The summed E-state index contributed by atoms with van der Waals surface area (Å²) in [7, 11) is 0. The number of nitrogen functional groups attached to an aromatic ring is 1. The van der Waals surface area contributed by atoms with Crippen molar-refractivity contribution in [3.05, 3.63) is 89.9 Å². The first-order chi connectivity index (χ1) is 14.5. The third-order valence-electron chi connectivity index (χ3n) is 4.71. The van der Waals surface area contributed by atoms with Crippen LogP contribution in [0.2, 0.25) is 0 Å². The topological polar surface area (TPSA) is 81.3 Å². The van der Waals surface area contributed by atoms with E-state index < -0.39 is 0 Å². The predicted octanol–water partition coefficient (Wildman–Crippen LogP) is 5.12. The molecule has 0 saturated heterocycles. The minimum atomic E-state index is -0.297. The van der Waals surface area contributed by atoms with E-state index in [1.54, 1.807) is 24.3 Å². The monoisotopic (exact) mass is 401 g/mol. The van der Waals surface area contributed by atoms with Crippen molar-refractivity contribution in [3.8, 4) is 33.9 Å². The highest BCUT2D eigenvalue weighted by Gasteiger charge is 2.17. The fourth-order valence-electron chi connectivity index (χ4n) is 3.29. The molecule has 5 nitrogen and oxygen atoms in total. The molecule has 6 heteroatoms. The van der Waals surface area contributed by atoms with E-state index in [9.17, 15) is 9.50 Å². The van der Waals surface area contributed by atoms with Crippen LogP contribution in [0.5, 0.6) is 11.5 Å². The number of aromatic nitrogens is 2. The van der Waals surface area contributed by atoms with E-state index in [4.69, 9.17) is 10.5 Å². The Morgan fingerprint density at radius 3 is 2.40 bits per heavy atom. The molecule has 0 aliphatic heterocycles. The first-order valence-electron chi connectivity index (χ1n) is 9.41. The Kier molecular flexibility index (Phi) is 5.30. The van der Waals surface area contributed by atoms with Gasteiger partial charge in [0.1, 0.15) is 23.9 Å². The van der Waals surface area contributed by atoms with E-state index in [0.717, 1.165) is 22.4 Å². The molecule has 0 aliphatic rings. The zero-order valence-corrected chi connectivity index (χ0v) is 16.3. The van der Waals surface area contributed by atoms with Gasteiger partial charge in [0.05, 0.1) is 11.4 Å². The van der Waals surface area contributed by atoms with Crippen molar-refractivity contribution in [2.24, 2.45) is 0 Å². The van der Waals surface area contributed by atoms with Gasteiger partial charge in [-0.25, -0.2) is 14.4 Å². The lowest BCUT2D eigenvalue weighted by Crippen LogP contribution is -2.02. The van der Waals surface area contributed by atoms with Crippen LogP contribution in [0.1, 0.15) is 11.3 Å². The number of ether oxygens (including phenoxy) is 1. The molecular weight excluding hydrogens is 381 g/mol. The Hall–Kier alpha value is -3.93. The number of aromatic hydroxyl groups is 1. The summed E-state index contributed by atoms with van der Waals surface area (Å²) in [6, 6.07) is 20.8. The van der Waals surface area contributed by atoms with Gasteiger partial charge in [-0.3, -0.25) is 0 Å². The molecule has 0 aliphatic carbocycles. The van der Waals surface area contributed by atoms with Gasteiger partial charge in [0.2, 0.25) is 5.95 Å². The second-order valence-electron chi connectivity index (χ2n) is 6.85. The molecule has 1 heterocycles. The second kappa shape index (κ2) is 8.21.